The lowest BCUT2D eigenvalue weighted by Crippen LogP contribution is -2.56. The quantitative estimate of drug-likeness (QED) is 0.534. The highest BCUT2D eigenvalue weighted by Gasteiger charge is 2.42. The minimum absolute atomic E-state index is 0.0236. The van der Waals surface area contributed by atoms with Crippen molar-refractivity contribution in [3.63, 3.8) is 0 Å². The summed E-state index contributed by atoms with van der Waals surface area (Å²) in [5.41, 5.74) is 3.37. The number of carbonyl (C=O) groups is 3. The highest BCUT2D eigenvalue weighted by Crippen LogP contribution is 2.44. The molecule has 2 amide bonds. The molecule has 0 bridgehead atoms. The Balaban J connectivity index is 1.26. The van der Waals surface area contributed by atoms with Crippen molar-refractivity contribution in [2.24, 2.45) is 5.92 Å². The lowest BCUT2D eigenvalue weighted by molar-refractivity contribution is -0.149. The molecule has 0 heterocycles. The van der Waals surface area contributed by atoms with Crippen LogP contribution in [0.2, 0.25) is 0 Å². The Bertz CT molecular complexity index is 1070. The molecule has 2 atom stereocenters. The largest absolute Gasteiger partial charge is 0.480 e. The summed E-state index contributed by atoms with van der Waals surface area (Å²) in [6, 6.07) is 16.2. The van der Waals surface area contributed by atoms with Crippen LogP contribution < -0.4 is 10.6 Å². The van der Waals surface area contributed by atoms with Crippen LogP contribution in [-0.2, 0) is 14.3 Å². The molecule has 4 rings (SSSR count). The summed E-state index contributed by atoms with van der Waals surface area (Å²) in [7, 11) is 0. The summed E-state index contributed by atoms with van der Waals surface area (Å²) in [5, 5.41) is 14.9. The number of amides is 2. The smallest absolute Gasteiger partial charge is 0.407 e. The Morgan fingerprint density at radius 2 is 1.74 bits per heavy atom. The van der Waals surface area contributed by atoms with E-state index in [1.807, 2.05) is 31.2 Å². The van der Waals surface area contributed by atoms with Crippen molar-refractivity contribution in [1.29, 1.82) is 0 Å². The molecule has 0 spiro atoms. The van der Waals surface area contributed by atoms with Gasteiger partial charge in [-0.05, 0) is 41.0 Å². The summed E-state index contributed by atoms with van der Waals surface area (Å²) in [5.74, 6) is -1.27. The first-order valence-electron chi connectivity index (χ1n) is 11.7. The third kappa shape index (κ3) is 4.98. The Morgan fingerprint density at radius 1 is 1.09 bits per heavy atom. The summed E-state index contributed by atoms with van der Waals surface area (Å²) in [6.07, 6.45) is 4.73. The monoisotopic (exact) mass is 462 g/mol. The third-order valence-electron chi connectivity index (χ3n) is 6.75. The Labute approximate surface area is 199 Å². The molecule has 2 aromatic rings. The first-order valence-corrected chi connectivity index (χ1v) is 11.7. The number of hydrogen-bond donors (Lipinski definition) is 3. The van der Waals surface area contributed by atoms with Crippen LogP contribution in [0.4, 0.5) is 4.79 Å². The zero-order chi connectivity index (χ0) is 24.1. The highest BCUT2D eigenvalue weighted by atomic mass is 16.5. The maximum Gasteiger partial charge on any atom is 0.407 e. The number of alkyl carbamates (subject to hydrolysis) is 1. The Morgan fingerprint density at radius 3 is 2.35 bits per heavy atom. The number of fused-ring (bicyclic) bond motifs is 3. The number of benzene rings is 2. The van der Waals surface area contributed by atoms with Gasteiger partial charge in [-0.25, -0.2) is 9.59 Å². The average Bonchev–Trinajstić information content (AvgIpc) is 3.14. The van der Waals surface area contributed by atoms with Gasteiger partial charge in [0.2, 0.25) is 5.91 Å². The Hall–Kier alpha value is -3.61. The van der Waals surface area contributed by atoms with E-state index in [1.54, 1.807) is 0 Å². The molecule has 34 heavy (non-hydrogen) atoms. The summed E-state index contributed by atoms with van der Waals surface area (Å²) in [4.78, 5) is 36.3. The molecule has 1 fully saturated rings. The van der Waals surface area contributed by atoms with Crippen molar-refractivity contribution >= 4 is 18.0 Å². The normalized spacial score (nSPS) is 21.5. The second-order valence-electron chi connectivity index (χ2n) is 9.19. The molecule has 2 aromatic carbocycles. The fraction of sp³-hybridized carbons (Fsp3) is 0.370. The van der Waals surface area contributed by atoms with Crippen LogP contribution in [0.3, 0.4) is 0 Å². The van der Waals surface area contributed by atoms with Crippen LogP contribution in [0, 0.1) is 5.92 Å². The van der Waals surface area contributed by atoms with Crippen molar-refractivity contribution in [1.82, 2.24) is 10.6 Å². The molecule has 1 saturated carbocycles. The van der Waals surface area contributed by atoms with E-state index in [9.17, 15) is 19.5 Å². The van der Waals surface area contributed by atoms with Crippen LogP contribution in [-0.4, -0.2) is 41.8 Å². The maximum absolute atomic E-state index is 12.3. The van der Waals surface area contributed by atoms with E-state index in [0.29, 0.717) is 12.8 Å². The molecule has 0 saturated heterocycles. The molecule has 2 unspecified atom stereocenters. The molecule has 7 heteroatoms. The molecule has 7 nitrogen and oxygen atoms in total. The van der Waals surface area contributed by atoms with Gasteiger partial charge in [-0.3, -0.25) is 4.79 Å². The van der Waals surface area contributed by atoms with Gasteiger partial charge in [-0.1, -0.05) is 74.4 Å². The van der Waals surface area contributed by atoms with E-state index in [4.69, 9.17) is 4.74 Å². The van der Waals surface area contributed by atoms with Crippen molar-refractivity contribution < 1.29 is 24.2 Å². The molecule has 2 aliphatic rings. The van der Waals surface area contributed by atoms with E-state index in [-0.39, 0.29) is 25.0 Å². The fourth-order valence-corrected chi connectivity index (χ4v) is 5.15. The molecule has 2 aliphatic carbocycles. The molecular formula is C27H30N2O5. The summed E-state index contributed by atoms with van der Waals surface area (Å²) in [6.45, 7) is 2.31. The van der Waals surface area contributed by atoms with E-state index in [1.165, 1.54) is 12.2 Å². The number of carbonyl (C=O) groups excluding carboxylic acids is 2. The molecule has 0 radical (unpaired) electrons. The first kappa shape index (κ1) is 23.5. The molecule has 0 aromatic heterocycles. The molecule has 3 N–H and O–H groups in total. The average molecular weight is 463 g/mol. The third-order valence-corrected chi connectivity index (χ3v) is 6.75. The number of ether oxygens (including phenoxy) is 1. The predicted molar refractivity (Wildman–Crippen MR) is 128 cm³/mol. The van der Waals surface area contributed by atoms with E-state index < -0.39 is 23.5 Å². The standard InChI is InChI=1S/C27H30N2O5/c1-18-8-6-14-27(16-18,25(31)32)29-24(30)13-7-15-28-26(33)34-17-23-21-11-4-2-9-19(21)20-10-3-5-12-22(20)23/h2-5,7,9-13,18,23H,6,8,14-17H2,1H3,(H,28,33)(H,29,30)(H,31,32)/b13-7+. The van der Waals surface area contributed by atoms with Crippen molar-refractivity contribution in [3.8, 4) is 11.1 Å². The minimum atomic E-state index is -1.22. The van der Waals surface area contributed by atoms with Crippen molar-refractivity contribution in [3.05, 3.63) is 71.8 Å². The minimum Gasteiger partial charge on any atom is -0.480 e. The van der Waals surface area contributed by atoms with Gasteiger partial charge in [0.05, 0.1) is 0 Å². The van der Waals surface area contributed by atoms with E-state index in [0.717, 1.165) is 35.1 Å². The fourth-order valence-electron chi connectivity index (χ4n) is 5.15. The number of aliphatic carboxylic acids is 1. The van der Waals surface area contributed by atoms with Gasteiger partial charge in [0.15, 0.2) is 0 Å². The van der Waals surface area contributed by atoms with Crippen LogP contribution in [0.25, 0.3) is 11.1 Å². The predicted octanol–water partition coefficient (Wildman–Crippen LogP) is 4.23. The van der Waals surface area contributed by atoms with Crippen LogP contribution in [0.1, 0.15) is 49.7 Å². The van der Waals surface area contributed by atoms with Crippen molar-refractivity contribution in [2.45, 2.75) is 44.1 Å². The Kier molecular flexibility index (Phi) is 7.01. The highest BCUT2D eigenvalue weighted by molar-refractivity contribution is 5.93. The second kappa shape index (κ2) is 10.1. The zero-order valence-corrected chi connectivity index (χ0v) is 19.3. The summed E-state index contributed by atoms with van der Waals surface area (Å²) >= 11 is 0. The molecule has 0 aliphatic heterocycles. The first-order chi connectivity index (χ1) is 16.4. The van der Waals surface area contributed by atoms with Crippen LogP contribution in [0.15, 0.2) is 60.7 Å². The molecule has 178 valence electrons. The number of carboxylic acids is 1. The number of carboxylic acid groups (broad SMARTS) is 1. The van der Waals surface area contributed by atoms with Gasteiger partial charge in [-0.15, -0.1) is 0 Å². The number of nitrogens with one attached hydrogen (secondary N) is 2. The lowest BCUT2D eigenvalue weighted by Gasteiger charge is -2.36. The van der Waals surface area contributed by atoms with Gasteiger partial charge < -0.3 is 20.5 Å². The van der Waals surface area contributed by atoms with Crippen LogP contribution in [0.5, 0.6) is 0 Å². The topological polar surface area (TPSA) is 105 Å². The summed E-state index contributed by atoms with van der Waals surface area (Å²) < 4.78 is 5.47. The number of rotatable bonds is 7. The SMILES string of the molecule is CC1CCCC(NC(=O)/C=C/CNC(=O)OCC2c3ccccc3-c3ccccc32)(C(=O)O)C1. The van der Waals surface area contributed by atoms with E-state index in [2.05, 4.69) is 34.9 Å². The van der Waals surface area contributed by atoms with Gasteiger partial charge in [-0.2, -0.15) is 0 Å². The zero-order valence-electron chi connectivity index (χ0n) is 19.3. The van der Waals surface area contributed by atoms with Gasteiger partial charge in [0.1, 0.15) is 12.1 Å². The van der Waals surface area contributed by atoms with Gasteiger partial charge >= 0.3 is 12.1 Å². The lowest BCUT2D eigenvalue weighted by atomic mass is 9.76. The maximum atomic E-state index is 12.3. The molecular weight excluding hydrogens is 432 g/mol. The van der Waals surface area contributed by atoms with Crippen molar-refractivity contribution in [2.75, 3.05) is 13.2 Å². The number of hydrogen-bond acceptors (Lipinski definition) is 4. The second-order valence-corrected chi connectivity index (χ2v) is 9.19. The van der Waals surface area contributed by atoms with E-state index >= 15 is 0 Å². The van der Waals surface area contributed by atoms with Gasteiger partial charge in [0.25, 0.3) is 0 Å². The van der Waals surface area contributed by atoms with Crippen LogP contribution >= 0.6 is 0 Å². The van der Waals surface area contributed by atoms with Gasteiger partial charge in [0, 0.05) is 18.5 Å².